The predicted octanol–water partition coefficient (Wildman–Crippen LogP) is 0.962. The lowest BCUT2D eigenvalue weighted by Crippen LogP contribution is -2.43. The SMILES string of the molecule is O=C=C1C2CNCC2CN1C12C=CC(CC1)C2. The average Bonchev–Trinajstić information content (AvgIpc) is 3.08. The van der Waals surface area contributed by atoms with Gasteiger partial charge in [0.05, 0.1) is 5.54 Å². The zero-order valence-electron chi connectivity index (χ0n) is 9.98. The Bertz CT molecular complexity index is 438. The number of carbonyl (C=O) groups excluding carboxylic acids is 1. The lowest BCUT2D eigenvalue weighted by Gasteiger charge is -2.37. The second kappa shape index (κ2) is 3.24. The third-order valence-electron chi connectivity index (χ3n) is 5.28. The van der Waals surface area contributed by atoms with Crippen LogP contribution in [0.4, 0.5) is 0 Å². The maximum absolute atomic E-state index is 11.3. The van der Waals surface area contributed by atoms with E-state index in [0.29, 0.717) is 11.8 Å². The van der Waals surface area contributed by atoms with E-state index in [1.54, 1.807) is 0 Å². The molecule has 90 valence electrons. The van der Waals surface area contributed by atoms with Gasteiger partial charge in [0.15, 0.2) is 0 Å². The molecular weight excluding hydrogens is 212 g/mol. The smallest absolute Gasteiger partial charge is 0.146 e. The maximum atomic E-state index is 11.3. The highest BCUT2D eigenvalue weighted by Gasteiger charge is 2.52. The van der Waals surface area contributed by atoms with Gasteiger partial charge in [-0.2, -0.15) is 0 Å². The molecule has 0 radical (unpaired) electrons. The Morgan fingerprint density at radius 2 is 2.41 bits per heavy atom. The van der Waals surface area contributed by atoms with E-state index >= 15 is 0 Å². The molecular formula is C14H18N2O. The highest BCUT2D eigenvalue weighted by molar-refractivity contribution is 5.55. The highest BCUT2D eigenvalue weighted by atomic mass is 16.1. The monoisotopic (exact) mass is 230 g/mol. The second-order valence-corrected chi connectivity index (χ2v) is 6.09. The van der Waals surface area contributed by atoms with Crippen LogP contribution in [-0.2, 0) is 4.79 Å². The number of nitrogens with one attached hydrogen (secondary N) is 1. The van der Waals surface area contributed by atoms with Gasteiger partial charge in [-0.3, -0.25) is 0 Å². The minimum atomic E-state index is 0.182. The van der Waals surface area contributed by atoms with Crippen LogP contribution < -0.4 is 5.32 Å². The molecule has 0 amide bonds. The van der Waals surface area contributed by atoms with Gasteiger partial charge in [-0.15, -0.1) is 0 Å². The summed E-state index contributed by atoms with van der Waals surface area (Å²) in [6, 6.07) is 0. The van der Waals surface area contributed by atoms with Gasteiger partial charge in [0, 0.05) is 25.6 Å². The van der Waals surface area contributed by atoms with Gasteiger partial charge < -0.3 is 10.2 Å². The van der Waals surface area contributed by atoms with Crippen molar-refractivity contribution in [2.24, 2.45) is 17.8 Å². The topological polar surface area (TPSA) is 32.3 Å². The molecule has 1 N–H and O–H groups in total. The van der Waals surface area contributed by atoms with E-state index in [1.165, 1.54) is 19.3 Å². The van der Waals surface area contributed by atoms with Gasteiger partial charge in [-0.1, -0.05) is 12.2 Å². The van der Waals surface area contributed by atoms with Crippen molar-refractivity contribution in [3.05, 3.63) is 17.8 Å². The molecule has 3 heteroatoms. The van der Waals surface area contributed by atoms with Crippen LogP contribution in [-0.4, -0.2) is 36.0 Å². The van der Waals surface area contributed by atoms with E-state index < -0.39 is 0 Å². The first-order chi connectivity index (χ1) is 8.32. The van der Waals surface area contributed by atoms with Crippen LogP contribution in [0, 0.1) is 17.8 Å². The Hall–Kier alpha value is -1.05. The van der Waals surface area contributed by atoms with E-state index in [0.717, 1.165) is 31.2 Å². The quantitative estimate of drug-likeness (QED) is 0.538. The van der Waals surface area contributed by atoms with Crippen molar-refractivity contribution in [3.63, 3.8) is 0 Å². The molecule has 2 saturated heterocycles. The standard InChI is InChI=1S/C14H18N2O/c17-9-13-12-7-15-6-11(12)8-16(13)14-3-1-10(5-14)2-4-14/h1,3,10-12,15H,2,4-8H2. The summed E-state index contributed by atoms with van der Waals surface area (Å²) in [4.78, 5) is 13.7. The maximum Gasteiger partial charge on any atom is 0.146 e. The van der Waals surface area contributed by atoms with Crippen LogP contribution in [0.2, 0.25) is 0 Å². The number of fused-ring (bicyclic) bond motifs is 3. The number of allylic oxidation sites excluding steroid dienone is 1. The lowest BCUT2D eigenvalue weighted by molar-refractivity contribution is 0.200. The molecule has 3 nitrogen and oxygen atoms in total. The molecule has 0 aromatic rings. The van der Waals surface area contributed by atoms with Crippen LogP contribution in [0.25, 0.3) is 0 Å². The normalized spacial score (nSPS) is 46.7. The van der Waals surface area contributed by atoms with Crippen molar-refractivity contribution >= 4 is 5.94 Å². The van der Waals surface area contributed by atoms with Crippen LogP contribution in [0.1, 0.15) is 19.3 Å². The fourth-order valence-corrected chi connectivity index (χ4v) is 4.39. The van der Waals surface area contributed by atoms with Gasteiger partial charge in [-0.25, -0.2) is 4.79 Å². The zero-order valence-corrected chi connectivity index (χ0v) is 9.98. The number of hydrogen-bond acceptors (Lipinski definition) is 3. The second-order valence-electron chi connectivity index (χ2n) is 6.09. The first kappa shape index (κ1) is 9.93. The van der Waals surface area contributed by atoms with E-state index in [2.05, 4.69) is 28.3 Å². The summed E-state index contributed by atoms with van der Waals surface area (Å²) < 4.78 is 0. The molecule has 4 rings (SSSR count). The van der Waals surface area contributed by atoms with Crippen LogP contribution in [0.15, 0.2) is 17.8 Å². The molecule has 17 heavy (non-hydrogen) atoms. The lowest BCUT2D eigenvalue weighted by atomic mass is 9.96. The van der Waals surface area contributed by atoms with Gasteiger partial charge in [0.25, 0.3) is 0 Å². The number of hydrogen-bond donors (Lipinski definition) is 1. The number of likely N-dealkylation sites (tertiary alicyclic amines) is 1. The summed E-state index contributed by atoms with van der Waals surface area (Å²) in [6.07, 6.45) is 8.48. The van der Waals surface area contributed by atoms with Crippen molar-refractivity contribution in [1.29, 1.82) is 0 Å². The number of nitrogens with zero attached hydrogens (tertiary/aromatic N) is 1. The average molecular weight is 230 g/mol. The van der Waals surface area contributed by atoms with Crippen LogP contribution in [0.3, 0.4) is 0 Å². The van der Waals surface area contributed by atoms with Crippen molar-refractivity contribution < 1.29 is 4.79 Å². The Kier molecular flexibility index (Phi) is 1.89. The van der Waals surface area contributed by atoms with Gasteiger partial charge in [-0.05, 0) is 31.1 Å². The molecule has 4 unspecified atom stereocenters. The molecule has 2 aliphatic carbocycles. The van der Waals surface area contributed by atoms with E-state index in [9.17, 15) is 4.79 Å². The largest absolute Gasteiger partial charge is 0.356 e. The third kappa shape index (κ3) is 1.19. The molecule has 1 saturated carbocycles. The molecule has 3 fully saturated rings. The predicted molar refractivity (Wildman–Crippen MR) is 65.0 cm³/mol. The summed E-state index contributed by atoms with van der Waals surface area (Å²) in [6.45, 7) is 3.09. The van der Waals surface area contributed by atoms with Crippen LogP contribution >= 0.6 is 0 Å². The Balaban J connectivity index is 1.71. The molecule has 4 aliphatic rings. The summed E-state index contributed by atoms with van der Waals surface area (Å²) in [5.74, 6) is 4.08. The van der Waals surface area contributed by atoms with E-state index in [1.807, 2.05) is 0 Å². The first-order valence-electron chi connectivity index (χ1n) is 6.75. The minimum absolute atomic E-state index is 0.182. The molecule has 2 heterocycles. The van der Waals surface area contributed by atoms with Crippen molar-refractivity contribution in [1.82, 2.24) is 10.2 Å². The Morgan fingerprint density at radius 1 is 1.47 bits per heavy atom. The van der Waals surface area contributed by atoms with Gasteiger partial charge in [0.1, 0.15) is 11.6 Å². The van der Waals surface area contributed by atoms with Crippen LogP contribution in [0.5, 0.6) is 0 Å². The van der Waals surface area contributed by atoms with E-state index in [4.69, 9.17) is 0 Å². The van der Waals surface area contributed by atoms with Crippen molar-refractivity contribution in [3.8, 4) is 0 Å². The fraction of sp³-hybridized carbons (Fsp3) is 0.714. The minimum Gasteiger partial charge on any atom is -0.356 e. The molecule has 2 bridgehead atoms. The molecule has 4 atom stereocenters. The third-order valence-corrected chi connectivity index (χ3v) is 5.28. The van der Waals surface area contributed by atoms with Crippen molar-refractivity contribution in [2.75, 3.05) is 19.6 Å². The summed E-state index contributed by atoms with van der Waals surface area (Å²) >= 11 is 0. The highest BCUT2D eigenvalue weighted by Crippen LogP contribution is 2.51. The van der Waals surface area contributed by atoms with Gasteiger partial charge in [0.2, 0.25) is 0 Å². The summed E-state index contributed by atoms with van der Waals surface area (Å²) in [5, 5.41) is 3.40. The van der Waals surface area contributed by atoms with Crippen molar-refractivity contribution in [2.45, 2.75) is 24.8 Å². The first-order valence-corrected chi connectivity index (χ1v) is 6.75. The Morgan fingerprint density at radius 3 is 3.06 bits per heavy atom. The molecule has 0 aromatic carbocycles. The zero-order chi connectivity index (χ0) is 11.5. The summed E-state index contributed by atoms with van der Waals surface area (Å²) in [7, 11) is 0. The number of rotatable bonds is 1. The van der Waals surface area contributed by atoms with E-state index in [-0.39, 0.29) is 5.54 Å². The summed E-state index contributed by atoms with van der Waals surface area (Å²) in [5.41, 5.74) is 1.13. The fourth-order valence-electron chi connectivity index (χ4n) is 4.39. The molecule has 0 spiro atoms. The molecule has 0 aromatic heterocycles. The Labute approximate surface area is 102 Å². The van der Waals surface area contributed by atoms with Gasteiger partial charge >= 0.3 is 0 Å². The molecule has 2 aliphatic heterocycles.